The van der Waals surface area contributed by atoms with Crippen LogP contribution in [-0.2, 0) is 11.2 Å². The highest BCUT2D eigenvalue weighted by atomic mass is 16.5. The third-order valence-electron chi connectivity index (χ3n) is 4.27. The monoisotopic (exact) mass is 362 g/mol. The van der Waals surface area contributed by atoms with Crippen molar-refractivity contribution >= 4 is 17.8 Å². The lowest BCUT2D eigenvalue weighted by Gasteiger charge is -2.07. The van der Waals surface area contributed by atoms with Gasteiger partial charge in [0, 0.05) is 17.2 Å². The highest BCUT2D eigenvalue weighted by Gasteiger charge is 2.07. The number of esters is 1. The highest BCUT2D eigenvalue weighted by Crippen LogP contribution is 2.22. The minimum absolute atomic E-state index is 0.0864. The fourth-order valence-corrected chi connectivity index (χ4v) is 2.69. The number of carbonyl (C=O) groups is 2. The molecule has 0 aliphatic heterocycles. The molecule has 0 bridgehead atoms. The van der Waals surface area contributed by atoms with Crippen molar-refractivity contribution in [2.24, 2.45) is 0 Å². The molecule has 0 amide bonds. The summed E-state index contributed by atoms with van der Waals surface area (Å²) < 4.78 is 5.26. The van der Waals surface area contributed by atoms with E-state index in [1.54, 1.807) is 12.1 Å². The number of ketones is 1. The molecular formula is C24H26O3. The van der Waals surface area contributed by atoms with Gasteiger partial charge in [-0.2, -0.15) is 0 Å². The average Bonchev–Trinajstić information content (AvgIpc) is 2.67. The Balaban J connectivity index is 2.10. The number of hydrogen-bond acceptors (Lipinski definition) is 3. The molecule has 0 atom stereocenters. The van der Waals surface area contributed by atoms with Crippen molar-refractivity contribution in [3.8, 4) is 5.75 Å². The molecule has 3 heteroatoms. The lowest BCUT2D eigenvalue weighted by molar-refractivity contribution is -0.128. The Hall–Kier alpha value is -2.94. The molecule has 0 spiro atoms. The first-order chi connectivity index (χ1) is 13.0. The Bertz CT molecular complexity index is 829. The van der Waals surface area contributed by atoms with E-state index in [0.717, 1.165) is 18.1 Å². The summed E-state index contributed by atoms with van der Waals surface area (Å²) in [7, 11) is 0. The average molecular weight is 362 g/mol. The number of aryl methyl sites for hydroxylation is 2. The summed E-state index contributed by atoms with van der Waals surface area (Å²) in [6.45, 7) is 7.50. The number of ether oxygens (including phenoxy) is 1. The van der Waals surface area contributed by atoms with Gasteiger partial charge in [0.05, 0.1) is 0 Å². The summed E-state index contributed by atoms with van der Waals surface area (Å²) in [4.78, 5) is 23.9. The molecule has 140 valence electrons. The molecule has 0 N–H and O–H groups in total. The van der Waals surface area contributed by atoms with Crippen molar-refractivity contribution in [2.45, 2.75) is 39.5 Å². The number of allylic oxidation sites excluding steroid dienone is 1. The maximum atomic E-state index is 12.4. The van der Waals surface area contributed by atoms with Crippen molar-refractivity contribution in [2.75, 3.05) is 0 Å². The van der Waals surface area contributed by atoms with Crippen LogP contribution in [-0.4, -0.2) is 11.8 Å². The van der Waals surface area contributed by atoms with Crippen LogP contribution in [0.15, 0.2) is 61.2 Å². The van der Waals surface area contributed by atoms with E-state index in [0.29, 0.717) is 16.9 Å². The zero-order valence-corrected chi connectivity index (χ0v) is 16.0. The summed E-state index contributed by atoms with van der Waals surface area (Å²) in [6.07, 6.45) is 8.92. The van der Waals surface area contributed by atoms with E-state index in [2.05, 4.69) is 13.5 Å². The smallest absolute Gasteiger partial charge is 0.335 e. The number of unbranched alkanes of at least 4 members (excludes halogenated alkanes) is 2. The van der Waals surface area contributed by atoms with Gasteiger partial charge in [-0.15, -0.1) is 0 Å². The summed E-state index contributed by atoms with van der Waals surface area (Å²) in [5.41, 5.74) is 3.52. The first kappa shape index (κ1) is 20.4. The fourth-order valence-electron chi connectivity index (χ4n) is 2.69. The van der Waals surface area contributed by atoms with Crippen molar-refractivity contribution in [1.29, 1.82) is 0 Å². The highest BCUT2D eigenvalue weighted by molar-refractivity contribution is 6.07. The van der Waals surface area contributed by atoms with Gasteiger partial charge in [0.25, 0.3) is 0 Å². The van der Waals surface area contributed by atoms with E-state index in [1.165, 1.54) is 30.9 Å². The van der Waals surface area contributed by atoms with Crippen LogP contribution in [0.25, 0.3) is 6.08 Å². The number of benzene rings is 2. The predicted molar refractivity (Wildman–Crippen MR) is 110 cm³/mol. The maximum absolute atomic E-state index is 12.4. The number of rotatable bonds is 9. The molecule has 2 aromatic rings. The largest absolute Gasteiger partial charge is 0.423 e. The van der Waals surface area contributed by atoms with Crippen LogP contribution in [0.4, 0.5) is 0 Å². The van der Waals surface area contributed by atoms with E-state index < -0.39 is 5.97 Å². The lowest BCUT2D eigenvalue weighted by Crippen LogP contribution is -2.04. The van der Waals surface area contributed by atoms with Crippen LogP contribution >= 0.6 is 0 Å². The van der Waals surface area contributed by atoms with Gasteiger partial charge in [0.15, 0.2) is 5.78 Å². The number of carbonyl (C=O) groups excluding carboxylic acids is 2. The van der Waals surface area contributed by atoms with Gasteiger partial charge >= 0.3 is 5.97 Å². The predicted octanol–water partition coefficient (Wildman–Crippen LogP) is 5.72. The third kappa shape index (κ3) is 6.37. The van der Waals surface area contributed by atoms with Gasteiger partial charge in [0.1, 0.15) is 5.75 Å². The second kappa shape index (κ2) is 10.3. The molecule has 27 heavy (non-hydrogen) atoms. The van der Waals surface area contributed by atoms with Gasteiger partial charge in [-0.05, 0) is 49.1 Å². The fraction of sp³-hybridized carbons (Fsp3) is 0.250. The van der Waals surface area contributed by atoms with Gasteiger partial charge in [-0.3, -0.25) is 4.79 Å². The Morgan fingerprint density at radius 3 is 2.48 bits per heavy atom. The van der Waals surface area contributed by atoms with Crippen LogP contribution in [0.5, 0.6) is 5.75 Å². The van der Waals surface area contributed by atoms with E-state index in [4.69, 9.17) is 4.74 Å². The zero-order valence-electron chi connectivity index (χ0n) is 16.0. The Labute approximate surface area is 161 Å². The summed E-state index contributed by atoms with van der Waals surface area (Å²) in [6, 6.07) is 13.2. The first-order valence-corrected chi connectivity index (χ1v) is 9.29. The summed E-state index contributed by atoms with van der Waals surface area (Å²) in [5.74, 6) is -0.202. The SMILES string of the molecule is C=CC(=O)Oc1cc(C)ccc1C=CC(=O)c1ccc(CCCCC)cc1. The molecular weight excluding hydrogens is 336 g/mol. The lowest BCUT2D eigenvalue weighted by atomic mass is 10.0. The summed E-state index contributed by atoms with van der Waals surface area (Å²) in [5, 5.41) is 0. The van der Waals surface area contributed by atoms with E-state index in [1.807, 2.05) is 43.3 Å². The molecule has 0 radical (unpaired) electrons. The second-order valence-corrected chi connectivity index (χ2v) is 6.52. The van der Waals surface area contributed by atoms with E-state index >= 15 is 0 Å². The normalized spacial score (nSPS) is 10.7. The zero-order chi connectivity index (χ0) is 19.6. The van der Waals surface area contributed by atoms with Crippen LogP contribution in [0.2, 0.25) is 0 Å². The second-order valence-electron chi connectivity index (χ2n) is 6.52. The third-order valence-corrected chi connectivity index (χ3v) is 4.27. The standard InChI is InChI=1S/C24H26O3/c1-4-6-7-8-19-10-13-20(14-11-19)22(25)16-15-21-12-9-18(3)17-23(21)27-24(26)5-2/h5,9-17H,2,4,6-8H2,1,3H3. The van der Waals surface area contributed by atoms with Crippen molar-refractivity contribution in [1.82, 2.24) is 0 Å². The van der Waals surface area contributed by atoms with Crippen molar-refractivity contribution < 1.29 is 14.3 Å². The molecule has 0 saturated heterocycles. The molecule has 0 heterocycles. The van der Waals surface area contributed by atoms with Crippen molar-refractivity contribution in [3.05, 3.63) is 83.4 Å². The molecule has 3 nitrogen and oxygen atoms in total. The molecule has 0 aliphatic rings. The summed E-state index contributed by atoms with van der Waals surface area (Å²) >= 11 is 0. The number of hydrogen-bond donors (Lipinski definition) is 0. The molecule has 2 aromatic carbocycles. The van der Waals surface area contributed by atoms with Gasteiger partial charge in [-0.25, -0.2) is 4.79 Å². The Morgan fingerprint density at radius 1 is 1.07 bits per heavy atom. The van der Waals surface area contributed by atoms with E-state index in [9.17, 15) is 9.59 Å². The van der Waals surface area contributed by atoms with Gasteiger partial charge in [-0.1, -0.05) is 62.7 Å². The molecule has 0 saturated carbocycles. The maximum Gasteiger partial charge on any atom is 0.335 e. The quantitative estimate of drug-likeness (QED) is 0.188. The van der Waals surface area contributed by atoms with Crippen LogP contribution in [0.3, 0.4) is 0 Å². The molecule has 2 rings (SSSR count). The van der Waals surface area contributed by atoms with E-state index in [-0.39, 0.29) is 5.78 Å². The Kier molecular flexibility index (Phi) is 7.75. The first-order valence-electron chi connectivity index (χ1n) is 9.29. The minimum Gasteiger partial charge on any atom is -0.423 e. The van der Waals surface area contributed by atoms with Crippen molar-refractivity contribution in [3.63, 3.8) is 0 Å². The van der Waals surface area contributed by atoms with Gasteiger partial charge in [0.2, 0.25) is 0 Å². The van der Waals surface area contributed by atoms with Crippen LogP contribution in [0.1, 0.15) is 53.2 Å². The molecule has 0 aromatic heterocycles. The topological polar surface area (TPSA) is 43.4 Å². The Morgan fingerprint density at radius 2 is 1.81 bits per heavy atom. The molecule has 0 unspecified atom stereocenters. The van der Waals surface area contributed by atoms with Gasteiger partial charge < -0.3 is 4.74 Å². The minimum atomic E-state index is -0.528. The van der Waals surface area contributed by atoms with Crippen LogP contribution < -0.4 is 4.74 Å². The molecule has 0 aliphatic carbocycles. The van der Waals surface area contributed by atoms with Crippen LogP contribution in [0, 0.1) is 6.92 Å². The molecule has 0 fully saturated rings.